The lowest BCUT2D eigenvalue weighted by Crippen LogP contribution is -2.43. The average Bonchev–Trinajstić information content (AvgIpc) is 3.92. The normalized spacial score (nSPS) is 22.7. The minimum Gasteiger partial charge on any atom is -0.359 e. The summed E-state index contributed by atoms with van der Waals surface area (Å²) in [6, 6.07) is 45.3. The minimum absolute atomic E-state index is 0.109. The smallest absolute Gasteiger partial charge is 0.141 e. The number of aliphatic imine (C=N–C) groups is 1. The molecule has 2 aromatic heterocycles. The standard InChI is InChI=1S/C55H44N4S/c1-33-16-14-23-40-48-39(22-15-29-47(48)60-52(33)40)51-54(56-42-25-10-13-28-45(42)57(51)3)58-43-26-11-8-21-38(43)49-46(58)32-35-18-5-6-19-36(35)50(49)59-44-27-12-9-24-41(44)55(2)31-30-34-17-4-7-20-37(34)53(55)59/h5-15,18-33,51,53H,4,16-17H2,1-3H3. The predicted molar refractivity (Wildman–Crippen MR) is 255 cm³/mol. The summed E-state index contributed by atoms with van der Waals surface area (Å²) in [6.45, 7) is 4.83. The van der Waals surface area contributed by atoms with E-state index in [4.69, 9.17) is 4.99 Å². The SMILES string of the molecule is CC1CC=Cc2c1sc1cccc(C3C(n4c5ccccc5c5c(N6c7ccccc7C7(C)C=CC8=C(C=CCC8)C67)c6ccccc6cc54)=Nc4ccccc4N3C)c21. The molecule has 4 atom stereocenters. The van der Waals surface area contributed by atoms with Gasteiger partial charge in [-0.2, -0.15) is 0 Å². The van der Waals surface area contributed by atoms with Gasteiger partial charge in [0.25, 0.3) is 0 Å². The predicted octanol–water partition coefficient (Wildman–Crippen LogP) is 14.4. The number of anilines is 3. The zero-order chi connectivity index (χ0) is 39.9. The molecule has 60 heavy (non-hydrogen) atoms. The number of benzene rings is 6. The molecule has 8 aromatic rings. The Morgan fingerprint density at radius 2 is 1.55 bits per heavy atom. The number of hydrogen-bond donors (Lipinski definition) is 0. The second kappa shape index (κ2) is 12.5. The summed E-state index contributed by atoms with van der Waals surface area (Å²) in [4.78, 5) is 12.5. The van der Waals surface area contributed by atoms with Crippen molar-refractivity contribution in [3.63, 3.8) is 0 Å². The molecule has 0 bridgehead atoms. The Kier molecular flexibility index (Phi) is 7.20. The second-order valence-electron chi connectivity index (χ2n) is 17.6. The Labute approximate surface area is 354 Å². The molecule has 4 unspecified atom stereocenters. The number of allylic oxidation sites excluding steroid dienone is 4. The summed E-state index contributed by atoms with van der Waals surface area (Å²) in [5.41, 5.74) is 13.8. The van der Waals surface area contributed by atoms with Crippen LogP contribution in [0, 0.1) is 0 Å². The number of likely N-dealkylation sites (N-methyl/N-ethyl adjacent to an activating group) is 1. The highest BCUT2D eigenvalue weighted by Gasteiger charge is 2.51. The third-order valence-corrected chi connectivity index (χ3v) is 15.7. The quantitative estimate of drug-likeness (QED) is 0.174. The molecule has 0 saturated heterocycles. The first-order valence-electron chi connectivity index (χ1n) is 21.5. The summed E-state index contributed by atoms with van der Waals surface area (Å²) in [6.07, 6.45) is 17.8. The van der Waals surface area contributed by atoms with Gasteiger partial charge < -0.3 is 9.80 Å². The van der Waals surface area contributed by atoms with Crippen LogP contribution in [0.15, 0.2) is 168 Å². The van der Waals surface area contributed by atoms with Crippen LogP contribution in [0.4, 0.5) is 22.7 Å². The van der Waals surface area contributed by atoms with E-state index < -0.39 is 0 Å². The highest BCUT2D eigenvalue weighted by atomic mass is 32.1. The minimum atomic E-state index is -0.200. The fraction of sp³-hybridized carbons (Fsp3) is 0.182. The van der Waals surface area contributed by atoms with E-state index >= 15 is 0 Å². The second-order valence-corrected chi connectivity index (χ2v) is 18.7. The molecule has 13 rings (SSSR count). The topological polar surface area (TPSA) is 23.8 Å². The molecule has 0 N–H and O–H groups in total. The van der Waals surface area contributed by atoms with E-state index in [9.17, 15) is 0 Å². The summed E-state index contributed by atoms with van der Waals surface area (Å²) in [5, 5.41) is 6.36. The monoisotopic (exact) mass is 792 g/mol. The van der Waals surface area contributed by atoms with Crippen molar-refractivity contribution >= 4 is 88.7 Å². The van der Waals surface area contributed by atoms with Crippen molar-refractivity contribution in [2.75, 3.05) is 16.8 Å². The van der Waals surface area contributed by atoms with Crippen molar-refractivity contribution in [2.45, 2.75) is 56.5 Å². The van der Waals surface area contributed by atoms with E-state index in [1.165, 1.54) is 86.8 Å². The third kappa shape index (κ3) is 4.53. The molecule has 290 valence electrons. The van der Waals surface area contributed by atoms with Crippen molar-refractivity contribution in [1.29, 1.82) is 0 Å². The van der Waals surface area contributed by atoms with Crippen LogP contribution in [0.3, 0.4) is 0 Å². The van der Waals surface area contributed by atoms with E-state index in [0.29, 0.717) is 5.92 Å². The fourth-order valence-electron chi connectivity index (χ4n) is 11.6. The molecule has 4 nitrogen and oxygen atoms in total. The molecule has 5 heteroatoms. The zero-order valence-electron chi connectivity index (χ0n) is 34.1. The molecule has 0 radical (unpaired) electrons. The van der Waals surface area contributed by atoms with E-state index in [-0.39, 0.29) is 17.5 Å². The number of aromatic nitrogens is 1. The molecular formula is C55H44N4S. The van der Waals surface area contributed by atoms with Crippen molar-refractivity contribution < 1.29 is 0 Å². The zero-order valence-corrected chi connectivity index (χ0v) is 34.9. The Bertz CT molecular complexity index is 3330. The Morgan fingerprint density at radius 3 is 2.47 bits per heavy atom. The highest BCUT2D eigenvalue weighted by molar-refractivity contribution is 7.19. The summed E-state index contributed by atoms with van der Waals surface area (Å²) < 4.78 is 3.88. The van der Waals surface area contributed by atoms with Crippen LogP contribution in [0.1, 0.15) is 66.6 Å². The highest BCUT2D eigenvalue weighted by Crippen LogP contribution is 2.58. The lowest BCUT2D eigenvalue weighted by Gasteiger charge is -2.41. The van der Waals surface area contributed by atoms with Crippen molar-refractivity contribution in [1.82, 2.24) is 4.57 Å². The van der Waals surface area contributed by atoms with Gasteiger partial charge in [0, 0.05) is 49.3 Å². The summed E-state index contributed by atoms with van der Waals surface area (Å²) in [5.74, 6) is 1.53. The van der Waals surface area contributed by atoms with Crippen LogP contribution in [0.5, 0.6) is 0 Å². The van der Waals surface area contributed by atoms with Gasteiger partial charge in [-0.05, 0) is 102 Å². The number of thiophene rings is 1. The van der Waals surface area contributed by atoms with Crippen molar-refractivity contribution in [3.05, 3.63) is 184 Å². The van der Waals surface area contributed by atoms with Crippen LogP contribution in [-0.2, 0) is 5.41 Å². The van der Waals surface area contributed by atoms with Gasteiger partial charge in [-0.25, -0.2) is 4.99 Å². The number of fused-ring (bicyclic) bond motifs is 12. The maximum atomic E-state index is 5.77. The van der Waals surface area contributed by atoms with Crippen molar-refractivity contribution in [2.24, 2.45) is 4.99 Å². The molecule has 3 aliphatic carbocycles. The Hall–Kier alpha value is -6.43. The van der Waals surface area contributed by atoms with E-state index in [0.717, 1.165) is 36.5 Å². The van der Waals surface area contributed by atoms with Crippen LogP contribution < -0.4 is 9.80 Å². The molecule has 4 heterocycles. The maximum Gasteiger partial charge on any atom is 0.141 e. The van der Waals surface area contributed by atoms with Gasteiger partial charge >= 0.3 is 0 Å². The van der Waals surface area contributed by atoms with Gasteiger partial charge in [-0.1, -0.05) is 128 Å². The first kappa shape index (κ1) is 34.4. The third-order valence-electron chi connectivity index (χ3n) is 14.3. The van der Waals surface area contributed by atoms with Gasteiger partial charge in [-0.15, -0.1) is 11.3 Å². The van der Waals surface area contributed by atoms with Crippen LogP contribution in [0.2, 0.25) is 0 Å². The van der Waals surface area contributed by atoms with Gasteiger partial charge in [0.15, 0.2) is 0 Å². The number of hydrogen-bond acceptors (Lipinski definition) is 4. The molecule has 0 spiro atoms. The first-order valence-corrected chi connectivity index (χ1v) is 22.4. The molecular weight excluding hydrogens is 749 g/mol. The van der Waals surface area contributed by atoms with Crippen molar-refractivity contribution in [3.8, 4) is 0 Å². The molecule has 2 aliphatic heterocycles. The van der Waals surface area contributed by atoms with Gasteiger partial charge in [0.1, 0.15) is 11.9 Å². The van der Waals surface area contributed by atoms with Crippen LogP contribution in [0.25, 0.3) is 48.7 Å². The van der Waals surface area contributed by atoms with Crippen LogP contribution >= 0.6 is 11.3 Å². The Balaban J connectivity index is 1.15. The van der Waals surface area contributed by atoms with E-state index in [1.54, 1.807) is 0 Å². The molecule has 5 aliphatic rings. The lowest BCUT2D eigenvalue weighted by atomic mass is 9.69. The van der Waals surface area contributed by atoms with Gasteiger partial charge in [0.2, 0.25) is 0 Å². The fourth-order valence-corrected chi connectivity index (χ4v) is 12.9. The molecule has 6 aromatic carbocycles. The average molecular weight is 793 g/mol. The maximum absolute atomic E-state index is 5.77. The largest absolute Gasteiger partial charge is 0.359 e. The van der Waals surface area contributed by atoms with Gasteiger partial charge in [-0.3, -0.25) is 4.57 Å². The molecule has 0 amide bonds. The Morgan fingerprint density at radius 1 is 0.750 bits per heavy atom. The number of para-hydroxylation sites is 4. The molecule has 0 saturated carbocycles. The first-order chi connectivity index (χ1) is 29.5. The number of nitrogens with zero attached hydrogens (tertiary/aromatic N) is 4. The van der Waals surface area contributed by atoms with Crippen LogP contribution in [-0.4, -0.2) is 23.5 Å². The summed E-state index contributed by atoms with van der Waals surface area (Å²) >= 11 is 1.97. The van der Waals surface area contributed by atoms with Gasteiger partial charge in [0.05, 0.1) is 34.1 Å². The van der Waals surface area contributed by atoms with E-state index in [1.807, 2.05) is 11.3 Å². The van der Waals surface area contributed by atoms with E-state index in [2.05, 4.69) is 193 Å². The molecule has 0 fully saturated rings. The summed E-state index contributed by atoms with van der Waals surface area (Å²) in [7, 11) is 2.27. The lowest BCUT2D eigenvalue weighted by molar-refractivity contribution is 0.529. The number of rotatable bonds is 2.